The highest BCUT2D eigenvalue weighted by Crippen LogP contribution is 2.29. The summed E-state index contributed by atoms with van der Waals surface area (Å²) in [6.45, 7) is 5.48. The molecule has 2 rings (SSSR count). The van der Waals surface area contributed by atoms with Crippen LogP contribution < -0.4 is 14.8 Å². The van der Waals surface area contributed by atoms with Crippen molar-refractivity contribution in [1.29, 1.82) is 0 Å². The summed E-state index contributed by atoms with van der Waals surface area (Å²) in [5.41, 5.74) is 2.12. The van der Waals surface area contributed by atoms with E-state index in [1.165, 1.54) is 18.7 Å². The molecule has 1 N–H and O–H groups in total. The molecule has 0 aliphatic heterocycles. The molecule has 0 unspecified atom stereocenters. The monoisotopic (exact) mass is 371 g/mol. The van der Waals surface area contributed by atoms with Gasteiger partial charge in [0.25, 0.3) is 5.91 Å². The van der Waals surface area contributed by atoms with Crippen molar-refractivity contribution in [1.82, 2.24) is 0 Å². The Kier molecular flexibility index (Phi) is 7.23. The third-order valence-corrected chi connectivity index (χ3v) is 3.74. The van der Waals surface area contributed by atoms with Crippen LogP contribution >= 0.6 is 0 Å². The van der Waals surface area contributed by atoms with Crippen LogP contribution in [0.4, 0.5) is 5.69 Å². The van der Waals surface area contributed by atoms with Crippen molar-refractivity contribution in [2.45, 2.75) is 33.3 Å². The predicted molar refractivity (Wildman–Crippen MR) is 103 cm³/mol. The van der Waals surface area contributed by atoms with Crippen molar-refractivity contribution >= 4 is 17.6 Å². The van der Waals surface area contributed by atoms with Gasteiger partial charge in [0.05, 0.1) is 18.8 Å². The molecule has 6 heteroatoms. The van der Waals surface area contributed by atoms with Gasteiger partial charge in [-0.2, -0.15) is 0 Å². The zero-order valence-electron chi connectivity index (χ0n) is 16.1. The second-order valence-electron chi connectivity index (χ2n) is 6.21. The van der Waals surface area contributed by atoms with E-state index in [0.29, 0.717) is 17.2 Å². The number of anilines is 1. The molecule has 0 aromatic heterocycles. The van der Waals surface area contributed by atoms with Crippen LogP contribution in [-0.4, -0.2) is 31.7 Å². The number of carbonyl (C=O) groups excluding carboxylic acids is 2. The summed E-state index contributed by atoms with van der Waals surface area (Å²) in [5, 5.41) is 2.69. The lowest BCUT2D eigenvalue weighted by atomic mass is 10.1. The maximum atomic E-state index is 12.2. The fourth-order valence-electron chi connectivity index (χ4n) is 2.38. The lowest BCUT2D eigenvalue weighted by molar-refractivity contribution is -0.119. The number of ether oxygens (including phenoxy) is 3. The van der Waals surface area contributed by atoms with Crippen LogP contribution in [-0.2, 0) is 16.0 Å². The SMILES string of the molecule is CCc1ccc(NC(=O)COC(=O)c2ccc(OC(C)C)c(OC)c2)cc1. The minimum Gasteiger partial charge on any atom is -0.493 e. The summed E-state index contributed by atoms with van der Waals surface area (Å²) in [7, 11) is 1.49. The van der Waals surface area contributed by atoms with Gasteiger partial charge in [0.1, 0.15) is 0 Å². The molecule has 27 heavy (non-hydrogen) atoms. The molecule has 0 saturated heterocycles. The number of benzene rings is 2. The van der Waals surface area contributed by atoms with Crippen LogP contribution in [0.2, 0.25) is 0 Å². The molecular weight excluding hydrogens is 346 g/mol. The van der Waals surface area contributed by atoms with E-state index in [4.69, 9.17) is 14.2 Å². The predicted octanol–water partition coefficient (Wildman–Crippen LogP) is 3.84. The van der Waals surface area contributed by atoms with Crippen molar-refractivity contribution < 1.29 is 23.8 Å². The first-order valence-corrected chi connectivity index (χ1v) is 8.83. The first kappa shape index (κ1) is 20.3. The van der Waals surface area contributed by atoms with Crippen molar-refractivity contribution in [3.63, 3.8) is 0 Å². The molecule has 0 saturated carbocycles. The Labute approximate surface area is 159 Å². The van der Waals surface area contributed by atoms with Crippen LogP contribution in [0.25, 0.3) is 0 Å². The first-order chi connectivity index (χ1) is 12.9. The number of amides is 1. The van der Waals surface area contributed by atoms with Crippen LogP contribution in [0, 0.1) is 0 Å². The second-order valence-corrected chi connectivity index (χ2v) is 6.21. The second kappa shape index (κ2) is 9.62. The Balaban J connectivity index is 1.93. The number of esters is 1. The minimum atomic E-state index is -0.610. The lowest BCUT2D eigenvalue weighted by Crippen LogP contribution is -2.21. The van der Waals surface area contributed by atoms with Gasteiger partial charge in [-0.3, -0.25) is 4.79 Å². The highest BCUT2D eigenvalue weighted by Gasteiger charge is 2.14. The maximum absolute atomic E-state index is 12.2. The van der Waals surface area contributed by atoms with Gasteiger partial charge in [0, 0.05) is 5.69 Å². The van der Waals surface area contributed by atoms with E-state index in [-0.39, 0.29) is 18.3 Å². The van der Waals surface area contributed by atoms with E-state index >= 15 is 0 Å². The van der Waals surface area contributed by atoms with Crippen LogP contribution in [0.5, 0.6) is 11.5 Å². The maximum Gasteiger partial charge on any atom is 0.338 e. The summed E-state index contributed by atoms with van der Waals surface area (Å²) in [4.78, 5) is 24.2. The van der Waals surface area contributed by atoms with E-state index in [1.807, 2.05) is 38.1 Å². The molecule has 1 amide bonds. The summed E-state index contributed by atoms with van der Waals surface area (Å²) < 4.78 is 15.9. The molecule has 0 radical (unpaired) electrons. The first-order valence-electron chi connectivity index (χ1n) is 8.83. The molecule has 0 aliphatic rings. The average molecular weight is 371 g/mol. The van der Waals surface area contributed by atoms with E-state index in [9.17, 15) is 9.59 Å². The topological polar surface area (TPSA) is 73.9 Å². The van der Waals surface area contributed by atoms with Crippen molar-refractivity contribution in [2.24, 2.45) is 0 Å². The van der Waals surface area contributed by atoms with Crippen molar-refractivity contribution in [3.8, 4) is 11.5 Å². The van der Waals surface area contributed by atoms with Gasteiger partial charge >= 0.3 is 5.97 Å². The molecule has 144 valence electrons. The van der Waals surface area contributed by atoms with Crippen molar-refractivity contribution in [2.75, 3.05) is 19.0 Å². The van der Waals surface area contributed by atoms with E-state index in [2.05, 4.69) is 12.2 Å². The number of hydrogen-bond acceptors (Lipinski definition) is 5. The minimum absolute atomic E-state index is 0.0215. The van der Waals surface area contributed by atoms with Gasteiger partial charge in [-0.15, -0.1) is 0 Å². The Morgan fingerprint density at radius 1 is 1.04 bits per heavy atom. The van der Waals surface area contributed by atoms with Gasteiger partial charge in [-0.05, 0) is 56.2 Å². The highest BCUT2D eigenvalue weighted by atomic mass is 16.5. The Bertz CT molecular complexity index is 784. The number of nitrogens with one attached hydrogen (secondary N) is 1. The van der Waals surface area contributed by atoms with Crippen LogP contribution in [0.1, 0.15) is 36.7 Å². The fourth-order valence-corrected chi connectivity index (χ4v) is 2.38. The summed E-state index contributed by atoms with van der Waals surface area (Å²) in [6, 6.07) is 12.3. The Hall–Kier alpha value is -3.02. The number of rotatable bonds is 8. The van der Waals surface area contributed by atoms with E-state index < -0.39 is 11.9 Å². The third-order valence-electron chi connectivity index (χ3n) is 3.74. The molecule has 6 nitrogen and oxygen atoms in total. The number of carbonyl (C=O) groups is 2. The molecule has 2 aromatic rings. The van der Waals surface area contributed by atoms with Crippen molar-refractivity contribution in [3.05, 3.63) is 53.6 Å². The van der Waals surface area contributed by atoms with Gasteiger partial charge < -0.3 is 19.5 Å². The highest BCUT2D eigenvalue weighted by molar-refractivity contribution is 5.95. The average Bonchev–Trinajstić information content (AvgIpc) is 2.66. The number of aryl methyl sites for hydroxylation is 1. The molecule has 0 spiro atoms. The standard InChI is InChI=1S/C21H25NO5/c1-5-15-6-9-17(10-7-15)22-20(23)13-26-21(24)16-8-11-18(27-14(2)3)19(12-16)25-4/h6-12,14H,5,13H2,1-4H3,(H,22,23). The molecule has 2 aromatic carbocycles. The van der Waals surface area contributed by atoms with Gasteiger partial charge in [-0.1, -0.05) is 19.1 Å². The Morgan fingerprint density at radius 3 is 2.33 bits per heavy atom. The number of methoxy groups -OCH3 is 1. The van der Waals surface area contributed by atoms with Gasteiger partial charge in [0.15, 0.2) is 18.1 Å². The molecular formula is C21H25NO5. The van der Waals surface area contributed by atoms with Gasteiger partial charge in [-0.25, -0.2) is 4.79 Å². The molecule has 0 fully saturated rings. The summed E-state index contributed by atoms with van der Waals surface area (Å²) in [5.74, 6) is -0.0452. The largest absolute Gasteiger partial charge is 0.493 e. The summed E-state index contributed by atoms with van der Waals surface area (Å²) >= 11 is 0. The summed E-state index contributed by atoms with van der Waals surface area (Å²) in [6.07, 6.45) is 0.905. The molecule has 0 heterocycles. The number of hydrogen-bond donors (Lipinski definition) is 1. The van der Waals surface area contributed by atoms with Crippen LogP contribution in [0.15, 0.2) is 42.5 Å². The van der Waals surface area contributed by atoms with E-state index in [1.54, 1.807) is 12.1 Å². The van der Waals surface area contributed by atoms with Crippen LogP contribution in [0.3, 0.4) is 0 Å². The lowest BCUT2D eigenvalue weighted by Gasteiger charge is -2.14. The normalized spacial score (nSPS) is 10.4. The smallest absolute Gasteiger partial charge is 0.338 e. The quantitative estimate of drug-likeness (QED) is 0.714. The third kappa shape index (κ3) is 6.02. The molecule has 0 aliphatic carbocycles. The van der Waals surface area contributed by atoms with Gasteiger partial charge in [0.2, 0.25) is 0 Å². The Morgan fingerprint density at radius 2 is 1.74 bits per heavy atom. The zero-order valence-corrected chi connectivity index (χ0v) is 16.1. The molecule has 0 atom stereocenters. The molecule has 0 bridgehead atoms. The zero-order chi connectivity index (χ0) is 19.8. The van der Waals surface area contributed by atoms with E-state index in [0.717, 1.165) is 6.42 Å². The fraction of sp³-hybridized carbons (Fsp3) is 0.333.